The van der Waals surface area contributed by atoms with Crippen LogP contribution in [0.25, 0.3) is 21.7 Å². The predicted octanol–water partition coefficient (Wildman–Crippen LogP) is 3.63. The van der Waals surface area contributed by atoms with Gasteiger partial charge in [-0.15, -0.1) is 11.3 Å². The number of likely N-dealkylation sites (tertiary alicyclic amines) is 1. The fourth-order valence-electron chi connectivity index (χ4n) is 4.58. The summed E-state index contributed by atoms with van der Waals surface area (Å²) in [7, 11) is 3.31. The van der Waals surface area contributed by atoms with E-state index in [4.69, 9.17) is 15.2 Å². The van der Waals surface area contributed by atoms with Gasteiger partial charge in [-0.05, 0) is 48.1 Å². The van der Waals surface area contributed by atoms with Crippen LogP contribution in [0.2, 0.25) is 0 Å². The number of thiophene rings is 1. The molecule has 156 valence electrons. The van der Waals surface area contributed by atoms with Crippen LogP contribution in [0.15, 0.2) is 35.7 Å². The smallest absolute Gasteiger partial charge is 0.270 e. The number of carbonyl (C=O) groups excluding carboxylic acids is 1. The SMILES string of the molecule is COc1cc2c(cc1OC)-c1c(-c3cccs3)cc(C(=O)N3CC[C@@H](N)C3)n1CC2. The van der Waals surface area contributed by atoms with E-state index in [9.17, 15) is 4.79 Å². The van der Waals surface area contributed by atoms with Crippen molar-refractivity contribution in [3.8, 4) is 33.2 Å². The standard InChI is InChI=1S/C23H25N3O3S/c1-28-19-10-14-5-8-26-18(23(27)25-7-6-15(24)13-25)11-17(21-4-3-9-30-21)22(26)16(14)12-20(19)29-2/h3-4,9-12,15H,5-8,13,24H2,1-2H3/t15-/m1/s1. The van der Waals surface area contributed by atoms with Gasteiger partial charge in [-0.25, -0.2) is 0 Å². The molecule has 1 saturated heterocycles. The summed E-state index contributed by atoms with van der Waals surface area (Å²) >= 11 is 1.68. The van der Waals surface area contributed by atoms with Crippen LogP contribution in [-0.4, -0.2) is 48.7 Å². The number of aromatic nitrogens is 1. The summed E-state index contributed by atoms with van der Waals surface area (Å²) < 4.78 is 13.3. The summed E-state index contributed by atoms with van der Waals surface area (Å²) in [6.45, 7) is 2.09. The number of benzene rings is 1. The number of rotatable bonds is 4. The molecule has 2 aliphatic heterocycles. The molecule has 2 N–H and O–H groups in total. The first-order valence-electron chi connectivity index (χ1n) is 10.2. The van der Waals surface area contributed by atoms with Crippen LogP contribution < -0.4 is 15.2 Å². The van der Waals surface area contributed by atoms with E-state index < -0.39 is 0 Å². The van der Waals surface area contributed by atoms with Crippen molar-refractivity contribution >= 4 is 17.2 Å². The molecule has 1 atom stereocenters. The zero-order valence-corrected chi connectivity index (χ0v) is 18.0. The van der Waals surface area contributed by atoms with Crippen molar-refractivity contribution < 1.29 is 14.3 Å². The normalized spacial score (nSPS) is 17.6. The van der Waals surface area contributed by atoms with Gasteiger partial charge in [-0.1, -0.05) is 6.07 Å². The number of nitrogens with two attached hydrogens (primary N) is 1. The van der Waals surface area contributed by atoms with Gasteiger partial charge in [-0.2, -0.15) is 0 Å². The largest absolute Gasteiger partial charge is 0.493 e. The Hall–Kier alpha value is -2.77. The molecule has 0 radical (unpaired) electrons. The van der Waals surface area contributed by atoms with Crippen LogP contribution >= 0.6 is 11.3 Å². The molecular formula is C23H25N3O3S. The maximum Gasteiger partial charge on any atom is 0.270 e. The third kappa shape index (κ3) is 3.00. The number of amides is 1. The molecule has 0 saturated carbocycles. The lowest BCUT2D eigenvalue weighted by Gasteiger charge is -2.25. The zero-order valence-electron chi connectivity index (χ0n) is 17.2. The van der Waals surface area contributed by atoms with Gasteiger partial charge in [-0.3, -0.25) is 4.79 Å². The molecule has 6 nitrogen and oxygen atoms in total. The molecule has 4 heterocycles. The minimum absolute atomic E-state index is 0.0657. The molecule has 0 bridgehead atoms. The van der Waals surface area contributed by atoms with Crippen molar-refractivity contribution in [1.82, 2.24) is 9.47 Å². The first-order valence-corrected chi connectivity index (χ1v) is 11.1. The quantitative estimate of drug-likeness (QED) is 0.696. The molecule has 1 fully saturated rings. The van der Waals surface area contributed by atoms with Crippen LogP contribution in [0.1, 0.15) is 22.5 Å². The second-order valence-corrected chi connectivity index (χ2v) is 8.78. The van der Waals surface area contributed by atoms with E-state index in [1.807, 2.05) is 17.0 Å². The summed E-state index contributed by atoms with van der Waals surface area (Å²) in [5, 5.41) is 2.07. The highest BCUT2D eigenvalue weighted by atomic mass is 32.1. The highest BCUT2D eigenvalue weighted by Crippen LogP contribution is 2.45. The maximum absolute atomic E-state index is 13.4. The van der Waals surface area contributed by atoms with Crippen LogP contribution in [0.4, 0.5) is 0 Å². The summed E-state index contributed by atoms with van der Waals surface area (Å²) in [4.78, 5) is 16.4. The fourth-order valence-corrected chi connectivity index (χ4v) is 5.33. The monoisotopic (exact) mass is 423 g/mol. The number of hydrogen-bond acceptors (Lipinski definition) is 5. The Morgan fingerprint density at radius 1 is 1.13 bits per heavy atom. The second kappa shape index (κ2) is 7.49. The van der Waals surface area contributed by atoms with E-state index in [1.165, 1.54) is 5.56 Å². The zero-order chi connectivity index (χ0) is 20.8. The molecule has 1 aromatic carbocycles. The van der Waals surface area contributed by atoms with Crippen LogP contribution in [0.5, 0.6) is 11.5 Å². The van der Waals surface area contributed by atoms with E-state index in [2.05, 4.69) is 28.1 Å². The molecular weight excluding hydrogens is 398 g/mol. The third-order valence-corrected chi connectivity index (χ3v) is 6.99. The van der Waals surface area contributed by atoms with Crippen molar-refractivity contribution in [3.63, 3.8) is 0 Å². The van der Waals surface area contributed by atoms with Crippen molar-refractivity contribution in [1.29, 1.82) is 0 Å². The highest BCUT2D eigenvalue weighted by molar-refractivity contribution is 7.13. The van der Waals surface area contributed by atoms with E-state index in [0.717, 1.165) is 59.1 Å². The Bertz CT molecular complexity index is 1100. The first-order chi connectivity index (χ1) is 14.6. The van der Waals surface area contributed by atoms with Crippen molar-refractivity contribution in [2.45, 2.75) is 25.4 Å². The van der Waals surface area contributed by atoms with Gasteiger partial charge >= 0.3 is 0 Å². The van der Waals surface area contributed by atoms with Gasteiger partial charge in [0, 0.05) is 41.7 Å². The molecule has 2 aromatic heterocycles. The van der Waals surface area contributed by atoms with Gasteiger partial charge in [0.05, 0.1) is 19.9 Å². The van der Waals surface area contributed by atoms with E-state index in [0.29, 0.717) is 12.3 Å². The topological polar surface area (TPSA) is 69.7 Å². The lowest BCUT2D eigenvalue weighted by Crippen LogP contribution is -2.33. The summed E-state index contributed by atoms with van der Waals surface area (Å²) in [5.74, 6) is 1.49. The van der Waals surface area contributed by atoms with Gasteiger partial charge in [0.2, 0.25) is 0 Å². The predicted molar refractivity (Wildman–Crippen MR) is 118 cm³/mol. The average molecular weight is 424 g/mol. The summed E-state index contributed by atoms with van der Waals surface area (Å²) in [6.07, 6.45) is 1.69. The number of ether oxygens (including phenoxy) is 2. The minimum atomic E-state index is 0.0657. The van der Waals surface area contributed by atoms with Gasteiger partial charge < -0.3 is 24.7 Å². The Balaban J connectivity index is 1.69. The lowest BCUT2D eigenvalue weighted by molar-refractivity contribution is 0.0780. The fraction of sp³-hybridized carbons (Fsp3) is 0.348. The number of hydrogen-bond donors (Lipinski definition) is 1. The first kappa shape index (κ1) is 19.2. The van der Waals surface area contributed by atoms with Crippen molar-refractivity contribution in [2.75, 3.05) is 27.3 Å². The van der Waals surface area contributed by atoms with E-state index in [1.54, 1.807) is 25.6 Å². The molecule has 0 unspecified atom stereocenters. The van der Waals surface area contributed by atoms with Crippen molar-refractivity contribution in [3.05, 3.63) is 47.0 Å². The molecule has 2 aliphatic rings. The third-order valence-electron chi connectivity index (χ3n) is 6.08. The molecule has 30 heavy (non-hydrogen) atoms. The summed E-state index contributed by atoms with van der Waals surface area (Å²) in [5.41, 5.74) is 11.3. The Kier molecular flexibility index (Phi) is 4.79. The van der Waals surface area contributed by atoms with Crippen LogP contribution in [0.3, 0.4) is 0 Å². The number of fused-ring (bicyclic) bond motifs is 3. The maximum atomic E-state index is 13.4. The summed E-state index contributed by atoms with van der Waals surface area (Å²) in [6, 6.07) is 10.4. The Labute approximate surface area is 179 Å². The number of nitrogens with zero attached hydrogens (tertiary/aromatic N) is 2. The second-order valence-electron chi connectivity index (χ2n) is 7.84. The molecule has 0 aliphatic carbocycles. The molecule has 0 spiro atoms. The van der Waals surface area contributed by atoms with Gasteiger partial charge in [0.25, 0.3) is 5.91 Å². The average Bonchev–Trinajstić information content (AvgIpc) is 3.51. The number of aryl methyl sites for hydroxylation is 1. The molecule has 1 amide bonds. The lowest BCUT2D eigenvalue weighted by atomic mass is 9.95. The van der Waals surface area contributed by atoms with E-state index in [-0.39, 0.29) is 11.9 Å². The van der Waals surface area contributed by atoms with Crippen LogP contribution in [-0.2, 0) is 13.0 Å². The number of carbonyl (C=O) groups is 1. The number of methoxy groups -OCH3 is 2. The molecule has 3 aromatic rings. The minimum Gasteiger partial charge on any atom is -0.493 e. The van der Waals surface area contributed by atoms with Gasteiger partial charge in [0.1, 0.15) is 5.69 Å². The Morgan fingerprint density at radius 2 is 1.93 bits per heavy atom. The van der Waals surface area contributed by atoms with Gasteiger partial charge in [0.15, 0.2) is 11.5 Å². The molecule has 7 heteroatoms. The molecule has 5 rings (SSSR count). The highest BCUT2D eigenvalue weighted by Gasteiger charge is 2.32. The Morgan fingerprint density at radius 3 is 2.60 bits per heavy atom. The van der Waals surface area contributed by atoms with Crippen molar-refractivity contribution in [2.24, 2.45) is 5.73 Å². The van der Waals surface area contributed by atoms with E-state index >= 15 is 0 Å². The van der Waals surface area contributed by atoms with Crippen LogP contribution in [0, 0.1) is 0 Å².